The SMILES string of the molecule is CCCOc1ccc(C(COCCC2CC2)NCC)cc1. The molecule has 0 amide bonds. The van der Waals surface area contributed by atoms with Gasteiger partial charge in [0.2, 0.25) is 0 Å². The Morgan fingerprint density at radius 2 is 1.90 bits per heavy atom. The van der Waals surface area contributed by atoms with Crippen molar-refractivity contribution in [2.75, 3.05) is 26.4 Å². The van der Waals surface area contributed by atoms with E-state index in [9.17, 15) is 0 Å². The Bertz CT molecular complexity index is 387. The predicted molar refractivity (Wildman–Crippen MR) is 86.8 cm³/mol. The monoisotopic (exact) mass is 291 g/mol. The maximum Gasteiger partial charge on any atom is 0.119 e. The highest BCUT2D eigenvalue weighted by Gasteiger charge is 2.20. The summed E-state index contributed by atoms with van der Waals surface area (Å²) in [6, 6.07) is 8.67. The number of ether oxygens (including phenoxy) is 2. The van der Waals surface area contributed by atoms with E-state index in [1.54, 1.807) is 0 Å². The van der Waals surface area contributed by atoms with E-state index in [2.05, 4.69) is 43.4 Å². The second-order valence-electron chi connectivity index (χ2n) is 5.83. The lowest BCUT2D eigenvalue weighted by Crippen LogP contribution is -2.25. The van der Waals surface area contributed by atoms with Gasteiger partial charge in [-0.25, -0.2) is 0 Å². The van der Waals surface area contributed by atoms with Crippen LogP contribution >= 0.6 is 0 Å². The Labute approximate surface area is 129 Å². The minimum atomic E-state index is 0.273. The van der Waals surface area contributed by atoms with Crippen LogP contribution in [0, 0.1) is 5.92 Å². The van der Waals surface area contributed by atoms with Gasteiger partial charge in [-0.05, 0) is 43.0 Å². The third-order valence-corrected chi connectivity index (χ3v) is 3.86. The predicted octanol–water partition coefficient (Wildman–Crippen LogP) is 3.94. The molecule has 0 aliphatic heterocycles. The maximum atomic E-state index is 5.85. The van der Waals surface area contributed by atoms with E-state index >= 15 is 0 Å². The van der Waals surface area contributed by atoms with Gasteiger partial charge < -0.3 is 14.8 Å². The van der Waals surface area contributed by atoms with Gasteiger partial charge >= 0.3 is 0 Å². The third kappa shape index (κ3) is 6.06. The highest BCUT2D eigenvalue weighted by molar-refractivity contribution is 5.29. The molecule has 1 saturated carbocycles. The first-order valence-corrected chi connectivity index (χ1v) is 8.37. The molecule has 1 N–H and O–H groups in total. The molecular weight excluding hydrogens is 262 g/mol. The van der Waals surface area contributed by atoms with Gasteiger partial charge in [-0.3, -0.25) is 0 Å². The summed E-state index contributed by atoms with van der Waals surface area (Å²) in [6.07, 6.45) is 5.07. The molecule has 1 unspecified atom stereocenters. The minimum absolute atomic E-state index is 0.273. The molecule has 1 aliphatic rings. The number of hydrogen-bond donors (Lipinski definition) is 1. The lowest BCUT2D eigenvalue weighted by Gasteiger charge is -2.19. The van der Waals surface area contributed by atoms with E-state index in [-0.39, 0.29) is 6.04 Å². The van der Waals surface area contributed by atoms with Gasteiger partial charge in [-0.1, -0.05) is 38.8 Å². The van der Waals surface area contributed by atoms with Gasteiger partial charge in [0, 0.05) is 6.61 Å². The van der Waals surface area contributed by atoms with Crippen LogP contribution in [-0.2, 0) is 4.74 Å². The minimum Gasteiger partial charge on any atom is -0.494 e. The van der Waals surface area contributed by atoms with E-state index < -0.39 is 0 Å². The van der Waals surface area contributed by atoms with E-state index in [0.717, 1.165) is 44.5 Å². The molecule has 1 fully saturated rings. The molecule has 1 aromatic rings. The van der Waals surface area contributed by atoms with Crippen LogP contribution in [0.2, 0.25) is 0 Å². The van der Waals surface area contributed by atoms with Crippen molar-refractivity contribution in [1.82, 2.24) is 5.32 Å². The Hall–Kier alpha value is -1.06. The molecule has 0 bridgehead atoms. The normalized spacial score (nSPS) is 15.9. The van der Waals surface area contributed by atoms with E-state index in [1.165, 1.54) is 24.8 Å². The average molecular weight is 291 g/mol. The van der Waals surface area contributed by atoms with Crippen molar-refractivity contribution < 1.29 is 9.47 Å². The molecule has 21 heavy (non-hydrogen) atoms. The second-order valence-corrected chi connectivity index (χ2v) is 5.83. The van der Waals surface area contributed by atoms with Crippen molar-refractivity contribution in [3.63, 3.8) is 0 Å². The molecule has 0 aromatic heterocycles. The molecule has 0 radical (unpaired) electrons. The summed E-state index contributed by atoms with van der Waals surface area (Å²) in [4.78, 5) is 0. The van der Waals surface area contributed by atoms with Crippen molar-refractivity contribution in [3.8, 4) is 5.75 Å². The molecule has 1 aromatic carbocycles. The zero-order valence-corrected chi connectivity index (χ0v) is 13.4. The standard InChI is InChI=1S/C18H29NO2/c1-3-12-21-17-9-7-16(8-10-17)18(19-4-2)14-20-13-11-15-5-6-15/h7-10,15,18-19H,3-6,11-14H2,1-2H3. The third-order valence-electron chi connectivity index (χ3n) is 3.86. The highest BCUT2D eigenvalue weighted by atomic mass is 16.5. The van der Waals surface area contributed by atoms with Gasteiger partial charge in [0.15, 0.2) is 0 Å². The van der Waals surface area contributed by atoms with Crippen LogP contribution in [0.4, 0.5) is 0 Å². The highest BCUT2D eigenvalue weighted by Crippen LogP contribution is 2.32. The topological polar surface area (TPSA) is 30.5 Å². The summed E-state index contributed by atoms with van der Waals surface area (Å²) in [5.74, 6) is 1.89. The van der Waals surface area contributed by atoms with Crippen molar-refractivity contribution >= 4 is 0 Å². The Balaban J connectivity index is 1.80. The fourth-order valence-corrected chi connectivity index (χ4v) is 2.39. The van der Waals surface area contributed by atoms with Crippen LogP contribution < -0.4 is 10.1 Å². The molecular formula is C18H29NO2. The molecule has 118 valence electrons. The molecule has 0 spiro atoms. The van der Waals surface area contributed by atoms with Gasteiger partial charge in [0.1, 0.15) is 5.75 Å². The van der Waals surface area contributed by atoms with Crippen LogP contribution in [0.3, 0.4) is 0 Å². The van der Waals surface area contributed by atoms with Crippen LogP contribution in [-0.4, -0.2) is 26.4 Å². The Morgan fingerprint density at radius 3 is 2.52 bits per heavy atom. The molecule has 0 heterocycles. The summed E-state index contributed by atoms with van der Waals surface area (Å²) < 4.78 is 11.5. The fourth-order valence-electron chi connectivity index (χ4n) is 2.39. The number of benzene rings is 1. The van der Waals surface area contributed by atoms with E-state index in [1.807, 2.05) is 0 Å². The lowest BCUT2D eigenvalue weighted by atomic mass is 10.1. The molecule has 0 saturated heterocycles. The first kappa shape index (κ1) is 16.3. The quantitative estimate of drug-likeness (QED) is 0.626. The number of likely N-dealkylation sites (N-methyl/N-ethyl adjacent to an activating group) is 1. The maximum absolute atomic E-state index is 5.85. The van der Waals surface area contributed by atoms with Crippen LogP contribution in [0.25, 0.3) is 0 Å². The molecule has 1 atom stereocenters. The largest absolute Gasteiger partial charge is 0.494 e. The summed E-state index contributed by atoms with van der Waals surface area (Å²) in [6.45, 7) is 7.62. The van der Waals surface area contributed by atoms with E-state index in [4.69, 9.17) is 9.47 Å². The summed E-state index contributed by atoms with van der Waals surface area (Å²) in [5.41, 5.74) is 1.27. The van der Waals surface area contributed by atoms with Crippen molar-refractivity contribution in [1.29, 1.82) is 0 Å². The zero-order chi connectivity index (χ0) is 14.9. The molecule has 2 rings (SSSR count). The lowest BCUT2D eigenvalue weighted by molar-refractivity contribution is 0.107. The second kappa shape index (κ2) is 9.06. The molecule has 3 heteroatoms. The number of nitrogens with one attached hydrogen (secondary N) is 1. The number of rotatable bonds is 11. The zero-order valence-electron chi connectivity index (χ0n) is 13.4. The first-order chi connectivity index (χ1) is 10.3. The fraction of sp³-hybridized carbons (Fsp3) is 0.667. The van der Waals surface area contributed by atoms with Crippen LogP contribution in [0.15, 0.2) is 24.3 Å². The van der Waals surface area contributed by atoms with Crippen LogP contribution in [0.1, 0.15) is 51.1 Å². The number of hydrogen-bond acceptors (Lipinski definition) is 3. The summed E-state index contributed by atoms with van der Waals surface area (Å²) >= 11 is 0. The van der Waals surface area contributed by atoms with Gasteiger partial charge in [-0.15, -0.1) is 0 Å². The van der Waals surface area contributed by atoms with Crippen molar-refractivity contribution in [3.05, 3.63) is 29.8 Å². The van der Waals surface area contributed by atoms with Crippen molar-refractivity contribution in [2.45, 2.75) is 45.6 Å². The summed E-state index contributed by atoms with van der Waals surface area (Å²) in [5, 5.41) is 3.50. The van der Waals surface area contributed by atoms with Crippen molar-refractivity contribution in [2.24, 2.45) is 5.92 Å². The smallest absolute Gasteiger partial charge is 0.119 e. The first-order valence-electron chi connectivity index (χ1n) is 8.37. The average Bonchev–Trinajstić information content (AvgIpc) is 3.33. The van der Waals surface area contributed by atoms with E-state index in [0.29, 0.717) is 0 Å². The van der Waals surface area contributed by atoms with Gasteiger partial charge in [0.25, 0.3) is 0 Å². The molecule has 1 aliphatic carbocycles. The van der Waals surface area contributed by atoms with Gasteiger partial charge in [-0.2, -0.15) is 0 Å². The molecule has 3 nitrogen and oxygen atoms in total. The van der Waals surface area contributed by atoms with Crippen LogP contribution in [0.5, 0.6) is 5.75 Å². The summed E-state index contributed by atoms with van der Waals surface area (Å²) in [7, 11) is 0. The Kier molecular flexibility index (Phi) is 7.04. The van der Waals surface area contributed by atoms with Gasteiger partial charge in [0.05, 0.1) is 19.3 Å². The Morgan fingerprint density at radius 1 is 1.14 bits per heavy atom.